The Kier molecular flexibility index (Phi) is 8.27. The Morgan fingerprint density at radius 2 is 1.55 bits per heavy atom. The molecule has 0 bridgehead atoms. The summed E-state index contributed by atoms with van der Waals surface area (Å²) in [5.74, 6) is 0.0529. The smallest absolute Gasteiger partial charge is 0.412 e. The van der Waals surface area contributed by atoms with Gasteiger partial charge in [0.1, 0.15) is 11.3 Å². The van der Waals surface area contributed by atoms with Crippen molar-refractivity contribution in [2.75, 3.05) is 33.8 Å². The summed E-state index contributed by atoms with van der Waals surface area (Å²) in [6.07, 6.45) is 0.532. The number of nitrogens with zero attached hydrogens (tertiary/aromatic N) is 2. The van der Waals surface area contributed by atoms with Crippen molar-refractivity contribution in [3.63, 3.8) is 0 Å². The van der Waals surface area contributed by atoms with Crippen LogP contribution in [-0.4, -0.2) is 50.7 Å². The zero-order chi connectivity index (χ0) is 30.8. The maximum absolute atomic E-state index is 13.9. The Morgan fingerprint density at radius 1 is 0.929 bits per heavy atom. The third kappa shape index (κ3) is 5.64. The Labute approximate surface area is 241 Å². The van der Waals surface area contributed by atoms with E-state index in [0.717, 1.165) is 4.57 Å². The molecule has 2 aromatic carbocycles. The van der Waals surface area contributed by atoms with Gasteiger partial charge >= 0.3 is 17.6 Å². The highest BCUT2D eigenvalue weighted by Gasteiger charge is 2.30. The number of aromatic nitrogens is 2. The summed E-state index contributed by atoms with van der Waals surface area (Å²) in [6.45, 7) is 5.22. The maximum Gasteiger partial charge on any atom is 0.412 e. The lowest BCUT2D eigenvalue weighted by molar-refractivity contribution is -0.577. The molecular weight excluding hydrogens is 546 g/mol. The molecule has 1 N–H and O–H groups in total. The van der Waals surface area contributed by atoms with Crippen molar-refractivity contribution < 1.29 is 38.0 Å². The van der Waals surface area contributed by atoms with E-state index in [1.165, 1.54) is 65.0 Å². The second-order valence-electron chi connectivity index (χ2n) is 10.0. The molecule has 12 nitrogen and oxygen atoms in total. The van der Waals surface area contributed by atoms with E-state index >= 15 is 0 Å². The van der Waals surface area contributed by atoms with Crippen LogP contribution < -0.4 is 29.8 Å². The summed E-state index contributed by atoms with van der Waals surface area (Å²) in [5.41, 5.74) is -0.609. The maximum atomic E-state index is 13.9. The fourth-order valence-electron chi connectivity index (χ4n) is 4.52. The Balaban J connectivity index is 2.04. The van der Waals surface area contributed by atoms with Crippen LogP contribution in [-0.2, 0) is 9.47 Å². The number of rotatable bonds is 7. The van der Waals surface area contributed by atoms with Gasteiger partial charge in [-0.25, -0.2) is 9.59 Å². The monoisotopic (exact) mass is 577 g/mol. The van der Waals surface area contributed by atoms with Gasteiger partial charge in [0.15, 0.2) is 17.7 Å². The topological polar surface area (TPSA) is 141 Å². The van der Waals surface area contributed by atoms with Crippen LogP contribution in [0, 0.1) is 5.21 Å². The molecule has 0 atom stereocenters. The number of methoxy groups -OCH3 is 4. The zero-order valence-corrected chi connectivity index (χ0v) is 24.3. The van der Waals surface area contributed by atoms with E-state index in [0.29, 0.717) is 21.7 Å². The first-order valence-electron chi connectivity index (χ1n) is 12.7. The lowest BCUT2D eigenvalue weighted by atomic mass is 9.97. The number of anilines is 1. The van der Waals surface area contributed by atoms with Gasteiger partial charge in [-0.05, 0) is 68.8 Å². The van der Waals surface area contributed by atoms with Gasteiger partial charge in [0.25, 0.3) is 5.52 Å². The lowest BCUT2D eigenvalue weighted by Crippen LogP contribution is -2.37. The van der Waals surface area contributed by atoms with E-state index in [1.54, 1.807) is 39.0 Å². The molecule has 220 valence electrons. The number of hydrogen-bond acceptors (Lipinski definition) is 9. The summed E-state index contributed by atoms with van der Waals surface area (Å²) < 4.78 is 28.4. The zero-order valence-electron chi connectivity index (χ0n) is 24.3. The second kappa shape index (κ2) is 11.7. The number of carbonyl (C=O) groups excluding carboxylic acids is 2. The Morgan fingerprint density at radius 3 is 2.07 bits per heavy atom. The molecule has 0 aliphatic heterocycles. The quantitative estimate of drug-likeness (QED) is 0.192. The van der Waals surface area contributed by atoms with Crippen LogP contribution in [0.1, 0.15) is 31.3 Å². The molecule has 42 heavy (non-hydrogen) atoms. The highest BCUT2D eigenvalue weighted by Crippen LogP contribution is 2.43. The average Bonchev–Trinajstić information content (AvgIpc) is 2.95. The molecule has 0 saturated carbocycles. The van der Waals surface area contributed by atoms with Gasteiger partial charge < -0.3 is 28.9 Å². The molecule has 0 unspecified atom stereocenters. The molecule has 4 aromatic rings. The van der Waals surface area contributed by atoms with Crippen molar-refractivity contribution in [3.05, 3.63) is 76.0 Å². The SMILES string of the molecule is COC(=O)c1c(-c2cc(OC)c(OC)c(OC)c2)c2ccc[n+]([O-])c2c(=O)n1-c1ccc(NC(=O)OC(C)(C)C)cc1. The highest BCUT2D eigenvalue weighted by molar-refractivity contribution is 6.06. The first-order valence-corrected chi connectivity index (χ1v) is 12.7. The van der Waals surface area contributed by atoms with Crippen LogP contribution in [0.3, 0.4) is 0 Å². The second-order valence-corrected chi connectivity index (χ2v) is 10.0. The minimum Gasteiger partial charge on any atom is -0.618 e. The standard InChI is InChI=1S/C30H31N3O9/c1-30(2,3)42-29(36)31-18-10-12-19(13-11-18)33-25(28(35)41-7)23(20-9-8-14-32(37)24(20)27(33)34)17-15-21(38-4)26(40-6)22(16-17)39-5/h8-16H,1-7H3,(H,31,36). The number of carbonyl (C=O) groups is 2. The first-order chi connectivity index (χ1) is 19.9. The molecule has 0 saturated heterocycles. The van der Waals surface area contributed by atoms with Crippen LogP contribution in [0.5, 0.6) is 17.2 Å². The molecule has 4 rings (SSSR count). The summed E-state index contributed by atoms with van der Waals surface area (Å²) >= 11 is 0. The van der Waals surface area contributed by atoms with Crippen LogP contribution >= 0.6 is 0 Å². The van der Waals surface area contributed by atoms with Crippen molar-refractivity contribution in [2.24, 2.45) is 0 Å². The van der Waals surface area contributed by atoms with E-state index in [1.807, 2.05) is 0 Å². The third-order valence-corrected chi connectivity index (χ3v) is 6.20. The van der Waals surface area contributed by atoms with Gasteiger partial charge in [0.2, 0.25) is 5.75 Å². The van der Waals surface area contributed by atoms with Gasteiger partial charge in [-0.15, -0.1) is 0 Å². The van der Waals surface area contributed by atoms with Crippen LogP contribution in [0.15, 0.2) is 59.5 Å². The van der Waals surface area contributed by atoms with E-state index in [4.69, 9.17) is 23.7 Å². The number of pyridine rings is 2. The van der Waals surface area contributed by atoms with E-state index in [-0.39, 0.29) is 39.3 Å². The average molecular weight is 578 g/mol. The molecule has 1 amide bonds. The fraction of sp³-hybridized carbons (Fsp3) is 0.267. The minimum atomic E-state index is -0.838. The van der Waals surface area contributed by atoms with Crippen LogP contribution in [0.2, 0.25) is 0 Å². The summed E-state index contributed by atoms with van der Waals surface area (Å²) in [4.78, 5) is 39.6. The number of esters is 1. The fourth-order valence-corrected chi connectivity index (χ4v) is 4.52. The van der Waals surface area contributed by atoms with Gasteiger partial charge in [-0.1, -0.05) is 0 Å². The van der Waals surface area contributed by atoms with Crippen molar-refractivity contribution in [2.45, 2.75) is 26.4 Å². The molecule has 2 aromatic heterocycles. The number of amides is 1. The first kappa shape index (κ1) is 29.7. The lowest BCUT2D eigenvalue weighted by Gasteiger charge is -2.20. The number of benzene rings is 2. The Hall–Kier alpha value is -5.26. The molecule has 12 heteroatoms. The van der Waals surface area contributed by atoms with Gasteiger partial charge in [-0.2, -0.15) is 4.73 Å². The van der Waals surface area contributed by atoms with Crippen LogP contribution in [0.25, 0.3) is 27.7 Å². The minimum absolute atomic E-state index is 0.150. The number of fused-ring (bicyclic) bond motifs is 1. The molecule has 0 aliphatic rings. The normalized spacial score (nSPS) is 11.1. The molecular formula is C30H31N3O9. The van der Waals surface area contributed by atoms with Crippen LogP contribution in [0.4, 0.5) is 10.5 Å². The van der Waals surface area contributed by atoms with E-state index < -0.39 is 23.2 Å². The molecule has 0 radical (unpaired) electrons. The number of nitrogens with one attached hydrogen (secondary N) is 1. The predicted molar refractivity (Wildman–Crippen MR) is 155 cm³/mol. The molecule has 0 spiro atoms. The number of ether oxygens (including phenoxy) is 5. The molecule has 2 heterocycles. The summed E-state index contributed by atoms with van der Waals surface area (Å²) in [5, 5.41) is 15.8. The van der Waals surface area contributed by atoms with Gasteiger partial charge in [-0.3, -0.25) is 14.7 Å². The van der Waals surface area contributed by atoms with Gasteiger partial charge in [0.05, 0.1) is 33.8 Å². The Bertz CT molecular complexity index is 1700. The van der Waals surface area contributed by atoms with Crippen molar-refractivity contribution in [1.29, 1.82) is 0 Å². The predicted octanol–water partition coefficient (Wildman–Crippen LogP) is 4.45. The summed E-state index contributed by atoms with van der Waals surface area (Å²) in [6, 6.07) is 12.3. The largest absolute Gasteiger partial charge is 0.618 e. The van der Waals surface area contributed by atoms with E-state index in [9.17, 15) is 19.6 Å². The van der Waals surface area contributed by atoms with Crippen molar-refractivity contribution >= 4 is 28.7 Å². The number of hydrogen-bond donors (Lipinski definition) is 1. The van der Waals surface area contributed by atoms with Crippen molar-refractivity contribution in [1.82, 2.24) is 4.57 Å². The van der Waals surface area contributed by atoms with E-state index in [2.05, 4.69) is 5.32 Å². The van der Waals surface area contributed by atoms with Crippen molar-refractivity contribution in [3.8, 4) is 34.1 Å². The molecule has 0 fully saturated rings. The molecule has 0 aliphatic carbocycles. The third-order valence-electron chi connectivity index (χ3n) is 6.20. The van der Waals surface area contributed by atoms with Gasteiger partial charge in [0, 0.05) is 23.0 Å². The summed E-state index contributed by atoms with van der Waals surface area (Å²) in [7, 11) is 5.53. The highest BCUT2D eigenvalue weighted by atomic mass is 16.6.